The number of anilines is 3. The second-order valence-electron chi connectivity index (χ2n) is 8.03. The largest absolute Gasteiger partial charge is 1.00 e. The van der Waals surface area contributed by atoms with Gasteiger partial charge in [0, 0.05) is 18.3 Å². The first-order valence-electron chi connectivity index (χ1n) is 10.8. The van der Waals surface area contributed by atoms with E-state index in [4.69, 9.17) is 5.73 Å². The maximum absolute atomic E-state index is 13.1. The van der Waals surface area contributed by atoms with E-state index in [9.17, 15) is 31.3 Å². The van der Waals surface area contributed by atoms with Gasteiger partial charge in [0.1, 0.15) is 32.1 Å². The molecule has 1 amide bonds. The summed E-state index contributed by atoms with van der Waals surface area (Å²) < 4.78 is 62.9. The number of phenolic OH excluding ortho intramolecular Hbond substituents is 1. The van der Waals surface area contributed by atoms with E-state index in [1.807, 2.05) is 0 Å². The van der Waals surface area contributed by atoms with E-state index in [2.05, 4.69) is 20.3 Å². The Labute approximate surface area is 246 Å². The van der Waals surface area contributed by atoms with E-state index in [1.54, 1.807) is 6.07 Å². The van der Waals surface area contributed by atoms with Crippen molar-refractivity contribution in [3.63, 3.8) is 0 Å². The number of azo groups is 1. The van der Waals surface area contributed by atoms with E-state index < -0.39 is 30.8 Å². The summed E-state index contributed by atoms with van der Waals surface area (Å²) in [4.78, 5) is 10.3. The molecule has 0 saturated heterocycles. The zero-order valence-electron chi connectivity index (χ0n) is 20.6. The Bertz CT molecular complexity index is 1810. The molecule has 0 spiro atoms. The van der Waals surface area contributed by atoms with Crippen LogP contribution in [0.4, 0.5) is 28.4 Å². The number of sulfonamides is 1. The van der Waals surface area contributed by atoms with Gasteiger partial charge in [-0.1, -0.05) is 18.2 Å². The van der Waals surface area contributed by atoms with Crippen molar-refractivity contribution < 1.29 is 60.8 Å². The Kier molecular flexibility index (Phi) is 9.00. The normalized spacial score (nSPS) is 11.7. The number of hydrogen-bond donors (Lipinski definition) is 4. The van der Waals surface area contributed by atoms with Gasteiger partial charge in [-0.15, -0.1) is 10.2 Å². The van der Waals surface area contributed by atoms with Crippen molar-refractivity contribution in [2.75, 3.05) is 15.8 Å². The van der Waals surface area contributed by atoms with Crippen LogP contribution in [0, 0.1) is 0 Å². The molecular weight excluding hydrogens is 557 g/mol. The van der Waals surface area contributed by atoms with E-state index in [1.165, 1.54) is 61.5 Å². The SMILES string of the molecule is CC(=O)Nc1ccc(NS(=O)(=O)c2ccccc2N=Nc2c(N)ccc3cc(S(=O)(=O)[O-])cc(O)c23)cc1.[Na+]. The molecule has 196 valence electrons. The Morgan fingerprint density at radius 2 is 1.56 bits per heavy atom. The van der Waals surface area contributed by atoms with Gasteiger partial charge in [0.05, 0.1) is 16.0 Å². The van der Waals surface area contributed by atoms with Gasteiger partial charge >= 0.3 is 29.6 Å². The molecule has 0 heterocycles. The molecule has 4 rings (SSSR count). The molecule has 4 aromatic rings. The molecule has 0 aliphatic rings. The molecular formula is C24H20N5NaO7S2. The average molecular weight is 578 g/mol. The fourth-order valence-corrected chi connectivity index (χ4v) is 5.30. The number of amides is 1. The van der Waals surface area contributed by atoms with Gasteiger partial charge in [0.25, 0.3) is 10.0 Å². The number of rotatable bonds is 7. The number of phenols is 1. The fraction of sp³-hybridized carbons (Fsp3) is 0.0417. The third kappa shape index (κ3) is 6.92. The summed E-state index contributed by atoms with van der Waals surface area (Å²) >= 11 is 0. The van der Waals surface area contributed by atoms with Crippen molar-refractivity contribution in [1.82, 2.24) is 0 Å². The number of nitrogen functional groups attached to an aromatic ring is 1. The average Bonchev–Trinajstić information content (AvgIpc) is 2.84. The topological polar surface area (TPSA) is 203 Å². The molecule has 4 aromatic carbocycles. The van der Waals surface area contributed by atoms with E-state index >= 15 is 0 Å². The number of nitrogens with zero attached hydrogens (tertiary/aromatic N) is 2. The minimum Gasteiger partial charge on any atom is -0.744 e. The first-order valence-corrected chi connectivity index (χ1v) is 13.7. The smallest absolute Gasteiger partial charge is 0.744 e. The quantitative estimate of drug-likeness (QED) is 0.108. The summed E-state index contributed by atoms with van der Waals surface area (Å²) in [6, 6.07) is 16.4. The summed E-state index contributed by atoms with van der Waals surface area (Å²) in [6.07, 6.45) is 0. The zero-order chi connectivity index (χ0) is 27.7. The number of nitrogens with two attached hydrogens (primary N) is 1. The van der Waals surface area contributed by atoms with Gasteiger partial charge < -0.3 is 20.7 Å². The van der Waals surface area contributed by atoms with Crippen LogP contribution in [0.1, 0.15) is 6.92 Å². The molecule has 0 bridgehead atoms. The molecule has 15 heteroatoms. The van der Waals surface area contributed by atoms with Crippen LogP contribution >= 0.6 is 0 Å². The fourth-order valence-electron chi connectivity index (χ4n) is 3.57. The van der Waals surface area contributed by atoms with Crippen molar-refractivity contribution in [1.29, 1.82) is 0 Å². The number of benzene rings is 4. The van der Waals surface area contributed by atoms with Crippen molar-refractivity contribution in [2.45, 2.75) is 16.7 Å². The van der Waals surface area contributed by atoms with Gasteiger partial charge in [-0.05, 0) is 60.0 Å². The van der Waals surface area contributed by atoms with Crippen molar-refractivity contribution in [3.8, 4) is 5.75 Å². The van der Waals surface area contributed by atoms with Gasteiger partial charge in [0.15, 0.2) is 0 Å². The third-order valence-corrected chi connectivity index (χ3v) is 7.47. The number of fused-ring (bicyclic) bond motifs is 1. The van der Waals surface area contributed by atoms with Gasteiger partial charge in [0.2, 0.25) is 5.91 Å². The molecule has 0 aromatic heterocycles. The first-order chi connectivity index (χ1) is 17.8. The number of carbonyl (C=O) groups is 1. The van der Waals surface area contributed by atoms with Crippen LogP contribution in [-0.2, 0) is 24.9 Å². The molecule has 0 fully saturated rings. The third-order valence-electron chi connectivity index (χ3n) is 5.23. The van der Waals surface area contributed by atoms with Crippen LogP contribution in [0.2, 0.25) is 0 Å². The van der Waals surface area contributed by atoms with Crippen LogP contribution in [-0.4, -0.2) is 32.4 Å². The molecule has 39 heavy (non-hydrogen) atoms. The predicted octanol–water partition coefficient (Wildman–Crippen LogP) is 1.21. The van der Waals surface area contributed by atoms with Gasteiger partial charge in [-0.2, -0.15) is 0 Å². The minimum atomic E-state index is -4.84. The second kappa shape index (κ2) is 11.7. The monoisotopic (exact) mass is 577 g/mol. The number of hydrogen-bond acceptors (Lipinski definition) is 10. The Morgan fingerprint density at radius 3 is 2.21 bits per heavy atom. The van der Waals surface area contributed by atoms with Gasteiger partial charge in [-0.3, -0.25) is 9.52 Å². The van der Waals surface area contributed by atoms with Crippen LogP contribution in [0.5, 0.6) is 5.75 Å². The van der Waals surface area contributed by atoms with Crippen LogP contribution in [0.15, 0.2) is 92.8 Å². The van der Waals surface area contributed by atoms with E-state index in [0.717, 1.165) is 12.1 Å². The van der Waals surface area contributed by atoms with Crippen LogP contribution < -0.4 is 45.3 Å². The van der Waals surface area contributed by atoms with Crippen LogP contribution in [0.3, 0.4) is 0 Å². The maximum atomic E-state index is 13.1. The Balaban J connectivity index is 0.00000420. The van der Waals surface area contributed by atoms with E-state index in [-0.39, 0.29) is 73.9 Å². The molecule has 0 radical (unpaired) electrons. The molecule has 0 aliphatic carbocycles. The molecule has 0 atom stereocenters. The minimum absolute atomic E-state index is 0. The predicted molar refractivity (Wildman–Crippen MR) is 140 cm³/mol. The summed E-state index contributed by atoms with van der Waals surface area (Å²) in [5.41, 5.74) is 6.69. The summed E-state index contributed by atoms with van der Waals surface area (Å²) in [6.45, 7) is 1.35. The Hall–Kier alpha value is -3.53. The molecule has 12 nitrogen and oxygen atoms in total. The van der Waals surface area contributed by atoms with Crippen molar-refractivity contribution in [3.05, 3.63) is 72.8 Å². The number of carbonyl (C=O) groups excluding carboxylic acids is 1. The van der Waals surface area contributed by atoms with E-state index in [0.29, 0.717) is 5.69 Å². The standard InChI is InChI=1S/C24H21N5O7S2.Na/c1-14(30)26-16-7-9-17(10-8-16)29-37(32,33)22-5-3-2-4-20(22)27-28-24-19(25)11-6-15-12-18(38(34,35)36)13-21(31)23(15)24;/h2-13,29,31H,25H2,1H3,(H,26,30)(H,34,35,36);/q;+1/p-1. The first kappa shape index (κ1) is 30.0. The zero-order valence-corrected chi connectivity index (χ0v) is 24.2. The summed E-state index contributed by atoms with van der Waals surface area (Å²) in [5, 5.41) is 21.3. The number of aromatic hydroxyl groups is 1. The molecule has 5 N–H and O–H groups in total. The van der Waals surface area contributed by atoms with Crippen molar-refractivity contribution in [2.24, 2.45) is 10.2 Å². The van der Waals surface area contributed by atoms with Crippen LogP contribution in [0.25, 0.3) is 10.8 Å². The summed E-state index contributed by atoms with van der Waals surface area (Å²) in [5.74, 6) is -0.836. The maximum Gasteiger partial charge on any atom is 1.00 e. The molecule has 0 saturated carbocycles. The number of nitrogens with one attached hydrogen (secondary N) is 2. The van der Waals surface area contributed by atoms with Crippen molar-refractivity contribution >= 4 is 65.3 Å². The summed E-state index contributed by atoms with van der Waals surface area (Å²) in [7, 11) is -8.98. The molecule has 0 unspecified atom stereocenters. The second-order valence-corrected chi connectivity index (χ2v) is 11.1. The Morgan fingerprint density at radius 1 is 0.923 bits per heavy atom. The van der Waals surface area contributed by atoms with Gasteiger partial charge in [-0.25, -0.2) is 16.8 Å². The molecule has 0 aliphatic heterocycles.